The van der Waals surface area contributed by atoms with Crippen LogP contribution in [-0.2, 0) is 6.54 Å². The van der Waals surface area contributed by atoms with E-state index in [4.69, 9.17) is 17.3 Å². The lowest BCUT2D eigenvalue weighted by Gasteiger charge is -2.13. The van der Waals surface area contributed by atoms with Gasteiger partial charge in [0, 0.05) is 23.8 Å². The Labute approximate surface area is 122 Å². The third-order valence-corrected chi connectivity index (χ3v) is 3.09. The molecule has 20 heavy (non-hydrogen) atoms. The molecule has 1 heterocycles. The van der Waals surface area contributed by atoms with Crippen molar-refractivity contribution in [3.05, 3.63) is 46.7 Å². The molecule has 0 fully saturated rings. The molecule has 0 saturated carbocycles. The second kappa shape index (κ2) is 6.07. The number of nitrogens with zero attached hydrogens (tertiary/aromatic N) is 2. The summed E-state index contributed by atoms with van der Waals surface area (Å²) >= 11 is 6.04. The summed E-state index contributed by atoms with van der Waals surface area (Å²) in [6.45, 7) is 4.81. The Hall–Kier alpha value is -1.85. The van der Waals surface area contributed by atoms with Crippen molar-refractivity contribution in [3.8, 4) is 5.69 Å². The molecule has 0 aliphatic carbocycles. The van der Waals surface area contributed by atoms with Gasteiger partial charge in [-0.25, -0.2) is 4.68 Å². The number of primary amides is 1. The number of rotatable bonds is 5. The van der Waals surface area contributed by atoms with Gasteiger partial charge in [0.2, 0.25) is 0 Å². The predicted octanol–water partition coefficient (Wildman–Crippen LogP) is 2.12. The Balaban J connectivity index is 2.36. The van der Waals surface area contributed by atoms with Crippen molar-refractivity contribution in [3.63, 3.8) is 0 Å². The number of nitrogens with two attached hydrogens (primary N) is 1. The highest BCUT2D eigenvalue weighted by atomic mass is 35.5. The lowest BCUT2D eigenvalue weighted by molar-refractivity contribution is 0.100. The van der Waals surface area contributed by atoms with Crippen LogP contribution in [0.2, 0.25) is 5.02 Å². The van der Waals surface area contributed by atoms with Gasteiger partial charge in [0.05, 0.1) is 17.4 Å². The third kappa shape index (κ3) is 3.37. The number of carbonyl (C=O) groups excluding carboxylic acids is 1. The topological polar surface area (TPSA) is 72.9 Å². The number of benzene rings is 1. The van der Waals surface area contributed by atoms with Crippen LogP contribution in [0.25, 0.3) is 5.69 Å². The average molecular weight is 293 g/mol. The number of hydrogen-bond donors (Lipinski definition) is 2. The van der Waals surface area contributed by atoms with E-state index in [-0.39, 0.29) is 0 Å². The monoisotopic (exact) mass is 292 g/mol. The first-order chi connectivity index (χ1) is 9.47. The zero-order valence-corrected chi connectivity index (χ0v) is 12.2. The summed E-state index contributed by atoms with van der Waals surface area (Å²) < 4.78 is 1.63. The molecule has 0 saturated heterocycles. The molecular formula is C14H17ClN4O. The van der Waals surface area contributed by atoms with Crippen LogP contribution in [0.4, 0.5) is 0 Å². The van der Waals surface area contributed by atoms with Gasteiger partial charge >= 0.3 is 0 Å². The zero-order valence-electron chi connectivity index (χ0n) is 11.4. The summed E-state index contributed by atoms with van der Waals surface area (Å²) in [6, 6.07) is 5.91. The summed E-state index contributed by atoms with van der Waals surface area (Å²) in [4.78, 5) is 11.1. The number of nitrogens with one attached hydrogen (secondary N) is 1. The maximum Gasteiger partial charge on any atom is 0.251 e. The van der Waals surface area contributed by atoms with Crippen LogP contribution in [0.5, 0.6) is 0 Å². The van der Waals surface area contributed by atoms with E-state index in [1.54, 1.807) is 16.9 Å². The smallest absolute Gasteiger partial charge is 0.251 e. The van der Waals surface area contributed by atoms with E-state index in [1.165, 1.54) is 6.20 Å². The standard InChI is InChI=1S/C14H17ClN4O/c1-9(2)17-6-10-5-12(15)3-4-13(10)19-8-11(7-18-19)14(16)20/h3-5,7-9,17H,6H2,1-2H3,(H2,16,20). The normalized spacial score (nSPS) is 11.0. The maximum atomic E-state index is 11.1. The molecule has 0 spiro atoms. The fourth-order valence-electron chi connectivity index (χ4n) is 1.82. The molecule has 0 unspecified atom stereocenters. The minimum Gasteiger partial charge on any atom is -0.366 e. The highest BCUT2D eigenvalue weighted by Crippen LogP contribution is 2.20. The summed E-state index contributed by atoms with van der Waals surface area (Å²) in [5.41, 5.74) is 7.49. The van der Waals surface area contributed by atoms with E-state index in [0.717, 1.165) is 11.3 Å². The van der Waals surface area contributed by atoms with Crippen molar-refractivity contribution in [1.82, 2.24) is 15.1 Å². The van der Waals surface area contributed by atoms with Gasteiger partial charge in [0.15, 0.2) is 0 Å². The molecule has 0 aliphatic rings. The fourth-order valence-corrected chi connectivity index (χ4v) is 2.01. The summed E-state index contributed by atoms with van der Waals surface area (Å²) in [7, 11) is 0. The van der Waals surface area contributed by atoms with Crippen LogP contribution in [-0.4, -0.2) is 21.7 Å². The Bertz CT molecular complexity index is 621. The lowest BCUT2D eigenvalue weighted by Crippen LogP contribution is -2.22. The second-order valence-corrected chi connectivity index (χ2v) is 5.28. The van der Waals surface area contributed by atoms with Gasteiger partial charge in [-0.05, 0) is 23.8 Å². The number of carbonyl (C=O) groups is 1. The van der Waals surface area contributed by atoms with Crippen LogP contribution in [0.15, 0.2) is 30.6 Å². The van der Waals surface area contributed by atoms with E-state index in [1.807, 2.05) is 12.1 Å². The molecule has 2 aromatic rings. The van der Waals surface area contributed by atoms with Crippen LogP contribution in [0.1, 0.15) is 29.8 Å². The van der Waals surface area contributed by atoms with Crippen molar-refractivity contribution in [2.75, 3.05) is 0 Å². The Morgan fingerprint density at radius 1 is 1.50 bits per heavy atom. The molecule has 1 aromatic heterocycles. The number of halogens is 1. The molecule has 5 nitrogen and oxygen atoms in total. The van der Waals surface area contributed by atoms with Crippen LogP contribution in [0, 0.1) is 0 Å². The average Bonchev–Trinajstić information content (AvgIpc) is 2.86. The molecule has 3 N–H and O–H groups in total. The van der Waals surface area contributed by atoms with Crippen LogP contribution in [0.3, 0.4) is 0 Å². The fraction of sp³-hybridized carbons (Fsp3) is 0.286. The van der Waals surface area contributed by atoms with E-state index in [9.17, 15) is 4.79 Å². The van der Waals surface area contributed by atoms with Gasteiger partial charge in [0.1, 0.15) is 0 Å². The summed E-state index contributed by atoms with van der Waals surface area (Å²) in [5.74, 6) is -0.493. The van der Waals surface area contributed by atoms with Crippen molar-refractivity contribution in [2.45, 2.75) is 26.4 Å². The van der Waals surface area contributed by atoms with Gasteiger partial charge < -0.3 is 11.1 Å². The van der Waals surface area contributed by atoms with Gasteiger partial charge in [0.25, 0.3) is 5.91 Å². The zero-order chi connectivity index (χ0) is 14.7. The molecule has 1 amide bonds. The molecule has 106 valence electrons. The predicted molar refractivity (Wildman–Crippen MR) is 79.1 cm³/mol. The minimum absolute atomic E-state index is 0.362. The van der Waals surface area contributed by atoms with Gasteiger partial charge in [-0.15, -0.1) is 0 Å². The quantitative estimate of drug-likeness (QED) is 0.886. The molecular weight excluding hydrogens is 276 g/mol. The number of amides is 1. The maximum absolute atomic E-state index is 11.1. The van der Waals surface area contributed by atoms with Crippen LogP contribution >= 0.6 is 11.6 Å². The highest BCUT2D eigenvalue weighted by Gasteiger charge is 2.10. The molecule has 2 rings (SSSR count). The van der Waals surface area contributed by atoms with Crippen molar-refractivity contribution in [2.24, 2.45) is 5.73 Å². The summed E-state index contributed by atoms with van der Waals surface area (Å²) in [6.07, 6.45) is 3.07. The largest absolute Gasteiger partial charge is 0.366 e. The summed E-state index contributed by atoms with van der Waals surface area (Å²) in [5, 5.41) is 8.17. The second-order valence-electron chi connectivity index (χ2n) is 4.85. The molecule has 1 aromatic carbocycles. The van der Waals surface area contributed by atoms with Crippen molar-refractivity contribution >= 4 is 17.5 Å². The van der Waals surface area contributed by atoms with E-state index in [2.05, 4.69) is 24.3 Å². The first-order valence-electron chi connectivity index (χ1n) is 6.34. The van der Waals surface area contributed by atoms with Crippen molar-refractivity contribution in [1.29, 1.82) is 0 Å². The Morgan fingerprint density at radius 2 is 2.25 bits per heavy atom. The molecule has 0 atom stereocenters. The Kier molecular flexibility index (Phi) is 4.42. The van der Waals surface area contributed by atoms with E-state index >= 15 is 0 Å². The minimum atomic E-state index is -0.493. The van der Waals surface area contributed by atoms with Gasteiger partial charge in [-0.1, -0.05) is 25.4 Å². The number of hydrogen-bond acceptors (Lipinski definition) is 3. The highest BCUT2D eigenvalue weighted by molar-refractivity contribution is 6.30. The number of aromatic nitrogens is 2. The molecule has 0 aliphatic heterocycles. The molecule has 0 radical (unpaired) electrons. The first-order valence-corrected chi connectivity index (χ1v) is 6.72. The van der Waals surface area contributed by atoms with Gasteiger partial charge in [-0.2, -0.15) is 5.10 Å². The SMILES string of the molecule is CC(C)NCc1cc(Cl)ccc1-n1cc(C(N)=O)cn1. The first kappa shape index (κ1) is 14.6. The molecule has 0 bridgehead atoms. The van der Waals surface area contributed by atoms with Gasteiger partial charge in [-0.3, -0.25) is 4.79 Å². The lowest BCUT2D eigenvalue weighted by atomic mass is 10.1. The molecule has 6 heteroatoms. The van der Waals surface area contributed by atoms with Crippen molar-refractivity contribution < 1.29 is 4.79 Å². The van der Waals surface area contributed by atoms with Crippen LogP contribution < -0.4 is 11.1 Å². The third-order valence-electron chi connectivity index (χ3n) is 2.86. The van der Waals surface area contributed by atoms with E-state index in [0.29, 0.717) is 23.2 Å². The Morgan fingerprint density at radius 3 is 2.85 bits per heavy atom. The van der Waals surface area contributed by atoms with E-state index < -0.39 is 5.91 Å².